The van der Waals surface area contributed by atoms with Crippen molar-refractivity contribution < 1.29 is 14.3 Å². The largest absolute Gasteiger partial charge is 0.468 e. The number of ether oxygens (including phenoxy) is 1. The summed E-state index contributed by atoms with van der Waals surface area (Å²) in [4.78, 5) is 36.0. The van der Waals surface area contributed by atoms with Crippen molar-refractivity contribution in [3.8, 4) is 11.4 Å². The smallest absolute Gasteiger partial charge is 0.271 e. The maximum absolute atomic E-state index is 13.0. The molecule has 0 aliphatic heterocycles. The number of benzene rings is 3. The SMILES string of the molecule is NC(=O)c1cccc(OC(C(N)=O)(c2ccccc2)c2ccc(-n3ccc(=O)cc3)cc2)c1. The summed E-state index contributed by atoms with van der Waals surface area (Å²) in [7, 11) is 0. The molecule has 0 spiro atoms. The second-order valence-electron chi connectivity index (χ2n) is 7.39. The van der Waals surface area contributed by atoms with E-state index in [1.165, 1.54) is 18.2 Å². The number of rotatable bonds is 7. The molecular weight excluding hydrogens is 418 g/mol. The van der Waals surface area contributed by atoms with E-state index in [1.54, 1.807) is 83.7 Å². The van der Waals surface area contributed by atoms with Gasteiger partial charge in [-0.3, -0.25) is 14.4 Å². The average molecular weight is 439 g/mol. The number of hydrogen-bond acceptors (Lipinski definition) is 4. The molecule has 3 aromatic carbocycles. The van der Waals surface area contributed by atoms with Crippen molar-refractivity contribution in [2.45, 2.75) is 5.60 Å². The quantitative estimate of drug-likeness (QED) is 0.460. The summed E-state index contributed by atoms with van der Waals surface area (Å²) >= 11 is 0. The lowest BCUT2D eigenvalue weighted by atomic mass is 9.85. The Morgan fingerprint density at radius 1 is 0.758 bits per heavy atom. The fourth-order valence-corrected chi connectivity index (χ4v) is 3.63. The Hall–Kier alpha value is -4.65. The van der Waals surface area contributed by atoms with E-state index in [2.05, 4.69) is 0 Å². The minimum Gasteiger partial charge on any atom is -0.468 e. The van der Waals surface area contributed by atoms with Crippen LogP contribution in [0.2, 0.25) is 0 Å². The van der Waals surface area contributed by atoms with Gasteiger partial charge in [0.25, 0.3) is 5.91 Å². The molecule has 4 aromatic rings. The zero-order valence-corrected chi connectivity index (χ0v) is 17.5. The van der Waals surface area contributed by atoms with Gasteiger partial charge < -0.3 is 20.8 Å². The van der Waals surface area contributed by atoms with E-state index in [4.69, 9.17) is 16.2 Å². The van der Waals surface area contributed by atoms with Crippen LogP contribution in [0.4, 0.5) is 0 Å². The molecule has 1 atom stereocenters. The second kappa shape index (κ2) is 8.84. The third-order valence-corrected chi connectivity index (χ3v) is 5.29. The molecule has 33 heavy (non-hydrogen) atoms. The van der Waals surface area contributed by atoms with Crippen LogP contribution in [0, 0.1) is 0 Å². The van der Waals surface area contributed by atoms with E-state index in [1.807, 2.05) is 6.07 Å². The van der Waals surface area contributed by atoms with E-state index in [9.17, 15) is 14.4 Å². The van der Waals surface area contributed by atoms with Gasteiger partial charge in [0.1, 0.15) is 5.75 Å². The van der Waals surface area contributed by atoms with Crippen molar-refractivity contribution in [3.63, 3.8) is 0 Å². The summed E-state index contributed by atoms with van der Waals surface area (Å²) in [5, 5.41) is 0. The molecule has 2 amide bonds. The van der Waals surface area contributed by atoms with Crippen molar-refractivity contribution in [1.29, 1.82) is 0 Å². The first-order chi connectivity index (χ1) is 15.9. The van der Waals surface area contributed by atoms with Gasteiger partial charge in [-0.15, -0.1) is 0 Å². The van der Waals surface area contributed by atoms with Crippen LogP contribution in [0.1, 0.15) is 21.5 Å². The Bertz CT molecular complexity index is 1340. The molecule has 7 heteroatoms. The van der Waals surface area contributed by atoms with Crippen molar-refractivity contribution in [3.05, 3.63) is 130 Å². The van der Waals surface area contributed by atoms with Gasteiger partial charge in [-0.05, 0) is 30.3 Å². The number of hydrogen-bond donors (Lipinski definition) is 2. The lowest BCUT2D eigenvalue weighted by Gasteiger charge is -2.33. The van der Waals surface area contributed by atoms with Crippen LogP contribution in [0.5, 0.6) is 5.75 Å². The Labute approximate surface area is 189 Å². The van der Waals surface area contributed by atoms with Crippen molar-refractivity contribution in [2.75, 3.05) is 0 Å². The highest BCUT2D eigenvalue weighted by Crippen LogP contribution is 2.36. The first kappa shape index (κ1) is 21.6. The van der Waals surface area contributed by atoms with Gasteiger partial charge in [0.15, 0.2) is 5.43 Å². The Balaban J connectivity index is 1.84. The number of carbonyl (C=O) groups is 2. The molecule has 0 aliphatic carbocycles. The normalized spacial score (nSPS) is 12.5. The molecule has 164 valence electrons. The van der Waals surface area contributed by atoms with Crippen LogP contribution in [0.15, 0.2) is 108 Å². The van der Waals surface area contributed by atoms with E-state index in [0.717, 1.165) is 5.69 Å². The zero-order chi connectivity index (χ0) is 23.4. The summed E-state index contributed by atoms with van der Waals surface area (Å²) < 4.78 is 8.03. The van der Waals surface area contributed by atoms with Crippen LogP contribution in [-0.2, 0) is 10.4 Å². The molecule has 1 heterocycles. The fraction of sp³-hybridized carbons (Fsp3) is 0.0385. The Kier molecular flexibility index (Phi) is 5.78. The zero-order valence-electron chi connectivity index (χ0n) is 17.5. The molecule has 0 saturated carbocycles. The summed E-state index contributed by atoms with van der Waals surface area (Å²) in [6.45, 7) is 0. The number of pyridine rings is 1. The van der Waals surface area contributed by atoms with Crippen LogP contribution < -0.4 is 21.6 Å². The van der Waals surface area contributed by atoms with Gasteiger partial charge in [-0.1, -0.05) is 48.5 Å². The maximum Gasteiger partial charge on any atom is 0.271 e. The summed E-state index contributed by atoms with van der Waals surface area (Å²) in [5.41, 5.74) is 11.6. The number of nitrogens with two attached hydrogens (primary N) is 2. The Morgan fingerprint density at radius 3 is 2.00 bits per heavy atom. The Morgan fingerprint density at radius 2 is 1.39 bits per heavy atom. The third-order valence-electron chi connectivity index (χ3n) is 5.29. The highest BCUT2D eigenvalue weighted by Gasteiger charge is 2.43. The first-order valence-electron chi connectivity index (χ1n) is 10.1. The first-order valence-corrected chi connectivity index (χ1v) is 10.1. The fourth-order valence-electron chi connectivity index (χ4n) is 3.63. The van der Waals surface area contributed by atoms with Crippen molar-refractivity contribution in [1.82, 2.24) is 4.57 Å². The minimum absolute atomic E-state index is 0.0914. The molecule has 0 aliphatic rings. The average Bonchev–Trinajstić information content (AvgIpc) is 2.84. The van der Waals surface area contributed by atoms with Gasteiger partial charge in [-0.25, -0.2) is 0 Å². The summed E-state index contributed by atoms with van der Waals surface area (Å²) in [6.07, 6.45) is 3.31. The molecular formula is C26H21N3O4. The predicted octanol–water partition coefficient (Wildman–Crippen LogP) is 2.74. The maximum atomic E-state index is 13.0. The molecule has 0 bridgehead atoms. The van der Waals surface area contributed by atoms with Gasteiger partial charge in [0.05, 0.1) is 0 Å². The van der Waals surface area contributed by atoms with E-state index < -0.39 is 17.4 Å². The van der Waals surface area contributed by atoms with Crippen LogP contribution in [0.25, 0.3) is 5.69 Å². The molecule has 0 fully saturated rings. The van der Waals surface area contributed by atoms with Gasteiger partial charge in [-0.2, -0.15) is 0 Å². The van der Waals surface area contributed by atoms with Gasteiger partial charge in [0.2, 0.25) is 11.5 Å². The number of nitrogens with zero attached hydrogens (tertiary/aromatic N) is 1. The van der Waals surface area contributed by atoms with E-state index in [0.29, 0.717) is 11.1 Å². The highest BCUT2D eigenvalue weighted by atomic mass is 16.5. The number of primary amides is 2. The number of carbonyl (C=O) groups excluding carboxylic acids is 2. The van der Waals surface area contributed by atoms with Crippen LogP contribution in [-0.4, -0.2) is 16.4 Å². The minimum atomic E-state index is -1.67. The molecule has 7 nitrogen and oxygen atoms in total. The highest BCUT2D eigenvalue weighted by molar-refractivity contribution is 5.93. The molecule has 0 saturated heterocycles. The number of amides is 2. The van der Waals surface area contributed by atoms with Crippen LogP contribution in [0.3, 0.4) is 0 Å². The predicted molar refractivity (Wildman–Crippen MR) is 124 cm³/mol. The van der Waals surface area contributed by atoms with Crippen molar-refractivity contribution >= 4 is 11.8 Å². The molecule has 1 aromatic heterocycles. The lowest BCUT2D eigenvalue weighted by Crippen LogP contribution is -2.47. The van der Waals surface area contributed by atoms with Gasteiger partial charge in [0, 0.05) is 46.9 Å². The topological polar surface area (TPSA) is 117 Å². The molecule has 0 radical (unpaired) electrons. The number of aromatic nitrogens is 1. The monoisotopic (exact) mass is 439 g/mol. The van der Waals surface area contributed by atoms with Crippen LogP contribution >= 0.6 is 0 Å². The summed E-state index contributed by atoms with van der Waals surface area (Å²) in [5.74, 6) is -1.08. The molecule has 4 rings (SSSR count). The van der Waals surface area contributed by atoms with Crippen molar-refractivity contribution in [2.24, 2.45) is 11.5 Å². The van der Waals surface area contributed by atoms with Gasteiger partial charge >= 0.3 is 0 Å². The standard InChI is InChI=1S/C26H21N3O4/c27-24(31)18-5-4-8-23(17-18)33-26(25(28)32,19-6-2-1-3-7-19)20-9-11-21(12-10-20)29-15-13-22(30)14-16-29/h1-17H,(H2,27,31)(H2,28,32). The molecule has 4 N–H and O–H groups in total. The lowest BCUT2D eigenvalue weighted by molar-refractivity contribution is -0.130. The second-order valence-corrected chi connectivity index (χ2v) is 7.39. The van der Waals surface area contributed by atoms with E-state index >= 15 is 0 Å². The third kappa shape index (κ3) is 4.24. The summed E-state index contributed by atoms with van der Waals surface area (Å²) in [6, 6.07) is 25.1. The van der Waals surface area contributed by atoms with E-state index in [-0.39, 0.29) is 16.7 Å². The molecule has 1 unspecified atom stereocenters.